The first-order valence-corrected chi connectivity index (χ1v) is 7.76. The Kier molecular flexibility index (Phi) is 8.03. The fourth-order valence-corrected chi connectivity index (χ4v) is 2.03. The molecular weight excluding hydrogens is 234 g/mol. The summed E-state index contributed by atoms with van der Waals surface area (Å²) < 4.78 is 0. The van der Waals surface area contributed by atoms with Crippen LogP contribution in [0.5, 0.6) is 0 Å². The standard InChI is InChI=1S/C16H29N3/c1-4-7-12-19(13-8-5-2)15-9-11-18-16(14-15)17-10-6-3/h9,11,14H,4-8,10,12-13H2,1-3H3,(H,17,18). The average molecular weight is 263 g/mol. The monoisotopic (exact) mass is 263 g/mol. The average Bonchev–Trinajstić information content (AvgIpc) is 2.45. The van der Waals surface area contributed by atoms with Gasteiger partial charge in [-0.05, 0) is 25.3 Å². The van der Waals surface area contributed by atoms with Crippen LogP contribution in [0.25, 0.3) is 0 Å². The first kappa shape index (κ1) is 15.8. The van der Waals surface area contributed by atoms with Crippen molar-refractivity contribution in [1.29, 1.82) is 0 Å². The second-order valence-electron chi connectivity index (χ2n) is 5.02. The molecule has 0 bridgehead atoms. The summed E-state index contributed by atoms with van der Waals surface area (Å²) in [5, 5.41) is 3.36. The van der Waals surface area contributed by atoms with Crippen molar-refractivity contribution in [3.8, 4) is 0 Å². The van der Waals surface area contributed by atoms with Crippen molar-refractivity contribution in [2.75, 3.05) is 29.9 Å². The summed E-state index contributed by atoms with van der Waals surface area (Å²) in [5.41, 5.74) is 1.30. The van der Waals surface area contributed by atoms with Crippen LogP contribution in [0.15, 0.2) is 18.3 Å². The van der Waals surface area contributed by atoms with Crippen molar-refractivity contribution in [3.05, 3.63) is 18.3 Å². The summed E-state index contributed by atoms with van der Waals surface area (Å²) in [5.74, 6) is 0.998. The number of nitrogens with one attached hydrogen (secondary N) is 1. The number of hydrogen-bond acceptors (Lipinski definition) is 3. The van der Waals surface area contributed by atoms with Crippen molar-refractivity contribution < 1.29 is 0 Å². The Morgan fingerprint density at radius 1 is 1.05 bits per heavy atom. The van der Waals surface area contributed by atoms with Gasteiger partial charge in [0, 0.05) is 37.6 Å². The Balaban J connectivity index is 2.69. The molecule has 0 aromatic carbocycles. The number of anilines is 2. The van der Waals surface area contributed by atoms with E-state index in [0.717, 1.165) is 31.9 Å². The van der Waals surface area contributed by atoms with Crippen LogP contribution in [0.4, 0.5) is 11.5 Å². The van der Waals surface area contributed by atoms with Gasteiger partial charge in [-0.15, -0.1) is 0 Å². The van der Waals surface area contributed by atoms with Gasteiger partial charge in [-0.3, -0.25) is 0 Å². The Morgan fingerprint density at radius 3 is 2.32 bits per heavy atom. The molecule has 1 rings (SSSR count). The maximum atomic E-state index is 4.38. The zero-order valence-electron chi connectivity index (χ0n) is 12.8. The van der Waals surface area contributed by atoms with Crippen molar-refractivity contribution >= 4 is 11.5 Å². The zero-order chi connectivity index (χ0) is 13.9. The number of nitrogens with zero attached hydrogens (tertiary/aromatic N) is 2. The Labute approximate surface area is 118 Å². The second-order valence-corrected chi connectivity index (χ2v) is 5.02. The van der Waals surface area contributed by atoms with Gasteiger partial charge in [0.25, 0.3) is 0 Å². The van der Waals surface area contributed by atoms with Gasteiger partial charge in [0.2, 0.25) is 0 Å². The van der Waals surface area contributed by atoms with E-state index >= 15 is 0 Å². The van der Waals surface area contributed by atoms with Gasteiger partial charge in [-0.25, -0.2) is 4.98 Å². The number of pyridine rings is 1. The molecule has 0 unspecified atom stereocenters. The number of rotatable bonds is 10. The van der Waals surface area contributed by atoms with Crippen LogP contribution in [0.1, 0.15) is 52.9 Å². The molecule has 0 aliphatic rings. The molecule has 0 spiro atoms. The van der Waals surface area contributed by atoms with E-state index in [-0.39, 0.29) is 0 Å². The summed E-state index contributed by atoms with van der Waals surface area (Å²) in [4.78, 5) is 6.87. The van der Waals surface area contributed by atoms with Crippen molar-refractivity contribution in [1.82, 2.24) is 4.98 Å². The molecule has 0 amide bonds. The normalized spacial score (nSPS) is 10.5. The summed E-state index contributed by atoms with van der Waals surface area (Å²) in [6, 6.07) is 4.31. The zero-order valence-corrected chi connectivity index (χ0v) is 12.8. The second kappa shape index (κ2) is 9.65. The molecule has 3 heteroatoms. The van der Waals surface area contributed by atoms with Gasteiger partial charge in [-0.2, -0.15) is 0 Å². The molecule has 0 saturated carbocycles. The predicted molar refractivity (Wildman–Crippen MR) is 85.0 cm³/mol. The molecule has 0 saturated heterocycles. The molecule has 0 aliphatic carbocycles. The van der Waals surface area contributed by atoms with Crippen LogP contribution in [-0.2, 0) is 0 Å². The van der Waals surface area contributed by atoms with E-state index in [1.165, 1.54) is 31.4 Å². The molecule has 0 aliphatic heterocycles. The van der Waals surface area contributed by atoms with Crippen LogP contribution >= 0.6 is 0 Å². The highest BCUT2D eigenvalue weighted by molar-refractivity contribution is 5.53. The van der Waals surface area contributed by atoms with Gasteiger partial charge in [0.05, 0.1) is 0 Å². The summed E-state index contributed by atoms with van der Waals surface area (Å²) >= 11 is 0. The molecule has 1 N–H and O–H groups in total. The van der Waals surface area contributed by atoms with Crippen molar-refractivity contribution in [3.63, 3.8) is 0 Å². The van der Waals surface area contributed by atoms with Crippen LogP contribution < -0.4 is 10.2 Å². The molecular formula is C16H29N3. The smallest absolute Gasteiger partial charge is 0.127 e. The number of hydrogen-bond donors (Lipinski definition) is 1. The maximum absolute atomic E-state index is 4.38. The van der Waals surface area contributed by atoms with E-state index in [0.29, 0.717) is 0 Å². The maximum Gasteiger partial charge on any atom is 0.127 e. The molecule has 0 fully saturated rings. The molecule has 19 heavy (non-hydrogen) atoms. The van der Waals surface area contributed by atoms with Crippen LogP contribution in [-0.4, -0.2) is 24.6 Å². The van der Waals surface area contributed by atoms with Gasteiger partial charge >= 0.3 is 0 Å². The van der Waals surface area contributed by atoms with Crippen molar-refractivity contribution in [2.45, 2.75) is 52.9 Å². The molecule has 1 heterocycles. The molecule has 3 nitrogen and oxygen atoms in total. The van der Waals surface area contributed by atoms with Gasteiger partial charge in [-0.1, -0.05) is 33.6 Å². The Morgan fingerprint density at radius 2 is 1.74 bits per heavy atom. The van der Waals surface area contributed by atoms with E-state index in [1.54, 1.807) is 0 Å². The van der Waals surface area contributed by atoms with E-state index < -0.39 is 0 Å². The summed E-state index contributed by atoms with van der Waals surface area (Å²) in [6.45, 7) is 9.95. The van der Waals surface area contributed by atoms with E-state index in [2.05, 4.69) is 48.1 Å². The summed E-state index contributed by atoms with van der Waals surface area (Å²) in [7, 11) is 0. The SMILES string of the molecule is CCCCN(CCCC)c1ccnc(NCCC)c1. The minimum Gasteiger partial charge on any atom is -0.371 e. The third-order valence-electron chi connectivity index (χ3n) is 3.23. The lowest BCUT2D eigenvalue weighted by Gasteiger charge is -2.25. The third-order valence-corrected chi connectivity index (χ3v) is 3.23. The highest BCUT2D eigenvalue weighted by atomic mass is 15.1. The first-order chi connectivity index (χ1) is 9.31. The molecule has 0 atom stereocenters. The summed E-state index contributed by atoms with van der Waals surface area (Å²) in [6.07, 6.45) is 8.04. The number of aromatic nitrogens is 1. The van der Waals surface area contributed by atoms with Crippen LogP contribution in [0.3, 0.4) is 0 Å². The quantitative estimate of drug-likeness (QED) is 0.682. The fraction of sp³-hybridized carbons (Fsp3) is 0.688. The Bertz CT molecular complexity index is 331. The van der Waals surface area contributed by atoms with Gasteiger partial charge in [0.15, 0.2) is 0 Å². The lowest BCUT2D eigenvalue weighted by molar-refractivity contribution is 0.678. The number of unbranched alkanes of at least 4 members (excludes halogenated alkanes) is 2. The minimum absolute atomic E-state index is 0.986. The van der Waals surface area contributed by atoms with E-state index in [9.17, 15) is 0 Å². The lowest BCUT2D eigenvalue weighted by Crippen LogP contribution is -2.25. The molecule has 1 aromatic heterocycles. The topological polar surface area (TPSA) is 28.2 Å². The van der Waals surface area contributed by atoms with E-state index in [1.807, 2.05) is 6.20 Å². The Hall–Kier alpha value is -1.25. The predicted octanol–water partition coefficient (Wildman–Crippen LogP) is 4.31. The van der Waals surface area contributed by atoms with Gasteiger partial charge < -0.3 is 10.2 Å². The lowest BCUT2D eigenvalue weighted by atomic mass is 10.2. The molecule has 108 valence electrons. The fourth-order valence-electron chi connectivity index (χ4n) is 2.03. The van der Waals surface area contributed by atoms with Gasteiger partial charge in [0.1, 0.15) is 5.82 Å². The molecule has 0 radical (unpaired) electrons. The first-order valence-electron chi connectivity index (χ1n) is 7.76. The van der Waals surface area contributed by atoms with Crippen LogP contribution in [0.2, 0.25) is 0 Å². The largest absolute Gasteiger partial charge is 0.371 e. The van der Waals surface area contributed by atoms with Crippen molar-refractivity contribution in [2.24, 2.45) is 0 Å². The minimum atomic E-state index is 0.986. The highest BCUT2D eigenvalue weighted by Crippen LogP contribution is 2.18. The third kappa shape index (κ3) is 5.95. The van der Waals surface area contributed by atoms with Crippen LogP contribution in [0, 0.1) is 0 Å². The highest BCUT2D eigenvalue weighted by Gasteiger charge is 2.06. The van der Waals surface area contributed by atoms with E-state index in [4.69, 9.17) is 0 Å². The molecule has 1 aromatic rings.